The molecule has 1 amide bonds. The van der Waals surface area contributed by atoms with Crippen LogP contribution < -0.4 is 4.90 Å². The maximum Gasteiger partial charge on any atom is 0.241 e. The van der Waals surface area contributed by atoms with E-state index in [2.05, 4.69) is 15.9 Å². The molecule has 0 atom stereocenters. The molecule has 1 aromatic carbocycles. The van der Waals surface area contributed by atoms with E-state index in [1.807, 2.05) is 24.3 Å². The van der Waals surface area contributed by atoms with Crippen LogP contribution in [0.15, 0.2) is 22.7 Å². The van der Waals surface area contributed by atoms with Gasteiger partial charge < -0.3 is 4.90 Å². The van der Waals surface area contributed by atoms with Crippen molar-refractivity contribution in [2.75, 3.05) is 11.4 Å². The minimum Gasteiger partial charge on any atom is -0.311 e. The van der Waals surface area contributed by atoms with Crippen LogP contribution in [0.4, 0.5) is 5.69 Å². The average Bonchev–Trinajstić information content (AvgIpc) is 2.60. The predicted molar refractivity (Wildman–Crippen MR) is 60.4 cm³/mol. The molecule has 0 spiro atoms. The highest BCUT2D eigenvalue weighted by Crippen LogP contribution is 2.30. The molecule has 1 aliphatic rings. The first kappa shape index (κ1) is 10.2. The highest BCUT2D eigenvalue weighted by atomic mass is 79.9. The van der Waals surface area contributed by atoms with Gasteiger partial charge in [0.25, 0.3) is 0 Å². The van der Waals surface area contributed by atoms with Gasteiger partial charge in [-0.1, -0.05) is 15.9 Å². The van der Waals surface area contributed by atoms with Crippen molar-refractivity contribution in [3.8, 4) is 6.07 Å². The molecule has 15 heavy (non-hydrogen) atoms. The normalized spacial score (nSPS) is 13.5. The number of benzene rings is 1. The lowest BCUT2D eigenvalue weighted by atomic mass is 10.2. The molecule has 1 heterocycles. The van der Waals surface area contributed by atoms with E-state index >= 15 is 0 Å². The Morgan fingerprint density at radius 2 is 2.40 bits per heavy atom. The van der Waals surface area contributed by atoms with E-state index in [0.717, 1.165) is 22.1 Å². The second-order valence-corrected chi connectivity index (χ2v) is 4.32. The summed E-state index contributed by atoms with van der Waals surface area (Å²) in [5.41, 5.74) is 2.11. The fourth-order valence-corrected chi connectivity index (χ4v) is 2.20. The van der Waals surface area contributed by atoms with Crippen molar-refractivity contribution < 1.29 is 4.79 Å². The quantitative estimate of drug-likeness (QED) is 0.781. The van der Waals surface area contributed by atoms with Crippen molar-refractivity contribution in [1.29, 1.82) is 5.26 Å². The van der Waals surface area contributed by atoms with Gasteiger partial charge in [0.2, 0.25) is 5.91 Å². The number of anilines is 1. The molecule has 0 aromatic heterocycles. The summed E-state index contributed by atoms with van der Waals surface area (Å²) in [6, 6.07) is 7.74. The molecule has 0 N–H and O–H groups in total. The van der Waals surface area contributed by atoms with E-state index in [0.29, 0.717) is 6.54 Å². The predicted octanol–water partition coefficient (Wildman–Crippen LogP) is 2.25. The molecule has 3 nitrogen and oxygen atoms in total. The summed E-state index contributed by atoms with van der Waals surface area (Å²) in [6.07, 6.45) is 0.821. The Hall–Kier alpha value is -1.34. The number of fused-ring (bicyclic) bond motifs is 1. The summed E-state index contributed by atoms with van der Waals surface area (Å²) < 4.78 is 1.02. The van der Waals surface area contributed by atoms with E-state index in [1.54, 1.807) is 4.90 Å². The van der Waals surface area contributed by atoms with Gasteiger partial charge in [0.15, 0.2) is 0 Å². The number of carbonyl (C=O) groups excluding carboxylic acids is 1. The minimum atomic E-state index is -0.112. The zero-order valence-electron chi connectivity index (χ0n) is 8.03. The lowest BCUT2D eigenvalue weighted by Gasteiger charge is -2.15. The van der Waals surface area contributed by atoms with Crippen LogP contribution in [0.3, 0.4) is 0 Å². The van der Waals surface area contributed by atoms with Crippen molar-refractivity contribution in [1.82, 2.24) is 0 Å². The molecule has 1 aliphatic heterocycles. The monoisotopic (exact) mass is 264 g/mol. The molecular formula is C11H9BrN2O. The fourth-order valence-electron chi connectivity index (χ4n) is 1.79. The summed E-state index contributed by atoms with van der Waals surface area (Å²) in [5, 5.41) is 8.48. The highest BCUT2D eigenvalue weighted by molar-refractivity contribution is 9.10. The van der Waals surface area contributed by atoms with Gasteiger partial charge in [0.05, 0.1) is 6.07 Å². The Morgan fingerprint density at radius 3 is 3.13 bits per heavy atom. The van der Waals surface area contributed by atoms with Crippen LogP contribution in [-0.2, 0) is 11.2 Å². The Morgan fingerprint density at radius 1 is 1.60 bits per heavy atom. The first-order valence-electron chi connectivity index (χ1n) is 4.68. The Bertz CT molecular complexity index is 450. The number of rotatable bonds is 1. The third kappa shape index (κ3) is 1.88. The van der Waals surface area contributed by atoms with E-state index in [4.69, 9.17) is 5.26 Å². The number of halogens is 1. The number of carbonyl (C=O) groups is 1. The van der Waals surface area contributed by atoms with Crippen LogP contribution in [0.2, 0.25) is 0 Å². The minimum absolute atomic E-state index is 0.0461. The number of hydrogen-bond acceptors (Lipinski definition) is 2. The highest BCUT2D eigenvalue weighted by Gasteiger charge is 2.23. The molecule has 2 rings (SSSR count). The van der Waals surface area contributed by atoms with Crippen LogP contribution in [0, 0.1) is 11.3 Å². The molecule has 0 bridgehead atoms. The van der Waals surface area contributed by atoms with Crippen molar-refractivity contribution >= 4 is 27.5 Å². The Balaban J connectivity index is 2.29. The van der Waals surface area contributed by atoms with Crippen molar-refractivity contribution in [3.63, 3.8) is 0 Å². The first-order valence-corrected chi connectivity index (χ1v) is 5.47. The lowest BCUT2D eigenvalue weighted by molar-refractivity contribution is -0.117. The lowest BCUT2D eigenvalue weighted by Crippen LogP contribution is -2.28. The van der Waals surface area contributed by atoms with Gasteiger partial charge in [-0.2, -0.15) is 5.26 Å². The summed E-state index contributed by atoms with van der Waals surface area (Å²) in [4.78, 5) is 13.3. The number of nitrogens with zero attached hydrogens (tertiary/aromatic N) is 2. The second kappa shape index (κ2) is 4.03. The van der Waals surface area contributed by atoms with E-state index in [1.165, 1.54) is 0 Å². The van der Waals surface area contributed by atoms with E-state index in [9.17, 15) is 4.79 Å². The molecule has 0 aliphatic carbocycles. The van der Waals surface area contributed by atoms with Crippen LogP contribution in [0.5, 0.6) is 0 Å². The Kier molecular flexibility index (Phi) is 2.74. The van der Waals surface area contributed by atoms with Gasteiger partial charge in [-0.3, -0.25) is 4.79 Å². The zero-order chi connectivity index (χ0) is 10.8. The van der Waals surface area contributed by atoms with Crippen LogP contribution in [0.25, 0.3) is 0 Å². The second-order valence-electron chi connectivity index (χ2n) is 3.40. The molecule has 0 fully saturated rings. The summed E-state index contributed by atoms with van der Waals surface area (Å²) in [6.45, 7) is 0.687. The molecule has 0 radical (unpaired) electrons. The Labute approximate surface area is 96.4 Å². The van der Waals surface area contributed by atoms with Gasteiger partial charge in [-0.05, 0) is 30.2 Å². The van der Waals surface area contributed by atoms with Gasteiger partial charge in [-0.15, -0.1) is 0 Å². The fraction of sp³-hybridized carbons (Fsp3) is 0.273. The molecule has 4 heteroatoms. The van der Waals surface area contributed by atoms with Crippen LogP contribution in [0.1, 0.15) is 12.0 Å². The molecule has 0 unspecified atom stereocenters. The van der Waals surface area contributed by atoms with Gasteiger partial charge in [0.1, 0.15) is 6.42 Å². The third-order valence-corrected chi connectivity index (χ3v) is 2.96. The van der Waals surface area contributed by atoms with Crippen molar-refractivity contribution in [2.24, 2.45) is 0 Å². The number of amides is 1. The SMILES string of the molecule is N#CCC(=O)N1CCc2cc(Br)ccc21. The maximum absolute atomic E-state index is 11.6. The molecule has 76 valence electrons. The molecule has 0 saturated heterocycles. The van der Waals surface area contributed by atoms with Crippen LogP contribution in [-0.4, -0.2) is 12.5 Å². The van der Waals surface area contributed by atoms with Gasteiger partial charge in [0, 0.05) is 16.7 Å². The van der Waals surface area contributed by atoms with Crippen molar-refractivity contribution in [3.05, 3.63) is 28.2 Å². The summed E-state index contributed by atoms with van der Waals surface area (Å²) in [7, 11) is 0. The first-order chi connectivity index (χ1) is 7.22. The number of nitriles is 1. The zero-order valence-corrected chi connectivity index (χ0v) is 9.62. The van der Waals surface area contributed by atoms with Crippen LogP contribution >= 0.6 is 15.9 Å². The smallest absolute Gasteiger partial charge is 0.241 e. The molecular weight excluding hydrogens is 256 g/mol. The topological polar surface area (TPSA) is 44.1 Å². The average molecular weight is 265 g/mol. The van der Waals surface area contributed by atoms with E-state index < -0.39 is 0 Å². The third-order valence-electron chi connectivity index (χ3n) is 2.47. The van der Waals surface area contributed by atoms with Gasteiger partial charge >= 0.3 is 0 Å². The summed E-state index contributed by atoms with van der Waals surface area (Å²) >= 11 is 3.40. The van der Waals surface area contributed by atoms with E-state index in [-0.39, 0.29) is 12.3 Å². The summed E-state index contributed by atoms with van der Waals surface area (Å²) in [5.74, 6) is -0.112. The number of hydrogen-bond donors (Lipinski definition) is 0. The maximum atomic E-state index is 11.6. The van der Waals surface area contributed by atoms with Crippen molar-refractivity contribution in [2.45, 2.75) is 12.8 Å². The van der Waals surface area contributed by atoms with Gasteiger partial charge in [-0.25, -0.2) is 0 Å². The molecule has 1 aromatic rings. The largest absolute Gasteiger partial charge is 0.311 e. The molecule has 0 saturated carbocycles. The standard InChI is InChI=1S/C11H9BrN2O/c12-9-1-2-10-8(7-9)4-6-14(10)11(15)3-5-13/h1-2,7H,3-4,6H2.